The summed E-state index contributed by atoms with van der Waals surface area (Å²) in [7, 11) is -4.44. The van der Waals surface area contributed by atoms with Gasteiger partial charge in [-0.05, 0) is 18.6 Å². The summed E-state index contributed by atoms with van der Waals surface area (Å²) in [5, 5.41) is 8.61. The summed E-state index contributed by atoms with van der Waals surface area (Å²) in [6.07, 6.45) is -0.284. The van der Waals surface area contributed by atoms with E-state index in [1.54, 1.807) is 6.92 Å². The van der Waals surface area contributed by atoms with Crippen molar-refractivity contribution in [3.05, 3.63) is 29.8 Å². The molecule has 0 radical (unpaired) electrons. The second-order valence-electron chi connectivity index (χ2n) is 3.88. The first-order chi connectivity index (χ1) is 8.77. The van der Waals surface area contributed by atoms with Gasteiger partial charge < -0.3 is 5.11 Å². The molecule has 0 heterocycles. The van der Waals surface area contributed by atoms with Crippen LogP contribution in [0.4, 0.5) is 8.78 Å². The van der Waals surface area contributed by atoms with E-state index in [1.165, 1.54) is 0 Å². The number of hydrogen-bond acceptors (Lipinski definition) is 3. The molecular weight excluding hydrogens is 280 g/mol. The SMILES string of the molecule is CCC(CC(=O)O)NS(=O)(=O)c1c(F)cccc1F. The molecule has 0 saturated carbocycles. The summed E-state index contributed by atoms with van der Waals surface area (Å²) in [6.45, 7) is 1.56. The van der Waals surface area contributed by atoms with Crippen LogP contribution in [0.15, 0.2) is 23.1 Å². The summed E-state index contributed by atoms with van der Waals surface area (Å²) in [5.74, 6) is -3.65. The van der Waals surface area contributed by atoms with E-state index in [2.05, 4.69) is 0 Å². The molecule has 0 aliphatic rings. The molecule has 0 fully saturated rings. The average Bonchev–Trinajstić information content (AvgIpc) is 2.26. The molecule has 0 aliphatic heterocycles. The van der Waals surface area contributed by atoms with E-state index >= 15 is 0 Å². The predicted molar refractivity (Wildman–Crippen MR) is 63.0 cm³/mol. The Morgan fingerprint density at radius 1 is 1.37 bits per heavy atom. The first-order valence-electron chi connectivity index (χ1n) is 5.46. The number of halogens is 2. The quantitative estimate of drug-likeness (QED) is 0.832. The first kappa shape index (κ1) is 15.5. The van der Waals surface area contributed by atoms with Crippen LogP contribution in [0.3, 0.4) is 0 Å². The van der Waals surface area contributed by atoms with Gasteiger partial charge >= 0.3 is 5.97 Å². The Hall–Kier alpha value is -1.54. The van der Waals surface area contributed by atoms with Crippen molar-refractivity contribution in [1.82, 2.24) is 4.72 Å². The zero-order chi connectivity index (χ0) is 14.6. The van der Waals surface area contributed by atoms with E-state index < -0.39 is 45.0 Å². The fourth-order valence-electron chi connectivity index (χ4n) is 1.50. The molecule has 0 aromatic heterocycles. The highest BCUT2D eigenvalue weighted by molar-refractivity contribution is 7.89. The van der Waals surface area contributed by atoms with Crippen molar-refractivity contribution in [2.24, 2.45) is 0 Å². The molecule has 0 bridgehead atoms. The van der Waals surface area contributed by atoms with Crippen LogP contribution in [0, 0.1) is 11.6 Å². The Morgan fingerprint density at radius 2 is 1.89 bits per heavy atom. The molecular formula is C11H13F2NO4S. The lowest BCUT2D eigenvalue weighted by atomic mass is 10.2. The second kappa shape index (κ2) is 6.07. The summed E-state index contributed by atoms with van der Waals surface area (Å²) < 4.78 is 52.4. The Balaban J connectivity index is 3.07. The maximum Gasteiger partial charge on any atom is 0.304 e. The molecule has 1 unspecified atom stereocenters. The van der Waals surface area contributed by atoms with Gasteiger partial charge in [-0.25, -0.2) is 21.9 Å². The molecule has 0 saturated heterocycles. The molecule has 1 atom stereocenters. The third-order valence-corrected chi connectivity index (χ3v) is 3.99. The largest absolute Gasteiger partial charge is 0.481 e. The second-order valence-corrected chi connectivity index (χ2v) is 5.53. The Kier molecular flexibility index (Phi) is 4.96. The number of nitrogens with one attached hydrogen (secondary N) is 1. The number of carbonyl (C=O) groups is 1. The number of aliphatic carboxylic acids is 1. The van der Waals surface area contributed by atoms with Crippen LogP contribution in [0.2, 0.25) is 0 Å². The zero-order valence-corrected chi connectivity index (χ0v) is 10.9. The molecule has 8 heteroatoms. The van der Waals surface area contributed by atoms with Crippen LogP contribution >= 0.6 is 0 Å². The first-order valence-corrected chi connectivity index (χ1v) is 6.94. The summed E-state index contributed by atoms with van der Waals surface area (Å²) in [4.78, 5) is 9.44. The number of benzene rings is 1. The lowest BCUT2D eigenvalue weighted by Gasteiger charge is -2.15. The van der Waals surface area contributed by atoms with Gasteiger partial charge in [-0.15, -0.1) is 0 Å². The van der Waals surface area contributed by atoms with Gasteiger partial charge in [0.25, 0.3) is 0 Å². The molecule has 106 valence electrons. The zero-order valence-electron chi connectivity index (χ0n) is 10.1. The van der Waals surface area contributed by atoms with Crippen molar-refractivity contribution >= 4 is 16.0 Å². The van der Waals surface area contributed by atoms with Crippen LogP contribution in [0.1, 0.15) is 19.8 Å². The number of hydrogen-bond donors (Lipinski definition) is 2. The van der Waals surface area contributed by atoms with E-state index in [-0.39, 0.29) is 6.42 Å². The molecule has 0 spiro atoms. The van der Waals surface area contributed by atoms with Gasteiger partial charge in [-0.1, -0.05) is 13.0 Å². The van der Waals surface area contributed by atoms with Crippen LogP contribution in [0.5, 0.6) is 0 Å². The fraction of sp³-hybridized carbons (Fsp3) is 0.364. The normalized spacial score (nSPS) is 13.2. The van der Waals surface area contributed by atoms with Crippen molar-refractivity contribution in [1.29, 1.82) is 0 Å². The highest BCUT2D eigenvalue weighted by Gasteiger charge is 2.27. The smallest absolute Gasteiger partial charge is 0.304 e. The number of carboxylic acid groups (broad SMARTS) is 1. The molecule has 5 nitrogen and oxygen atoms in total. The lowest BCUT2D eigenvalue weighted by molar-refractivity contribution is -0.137. The van der Waals surface area contributed by atoms with E-state index in [0.717, 1.165) is 18.2 Å². The van der Waals surface area contributed by atoms with E-state index in [0.29, 0.717) is 0 Å². The summed E-state index contributed by atoms with van der Waals surface area (Å²) >= 11 is 0. The highest BCUT2D eigenvalue weighted by atomic mass is 32.2. The van der Waals surface area contributed by atoms with Gasteiger partial charge in [0.1, 0.15) is 11.6 Å². The number of rotatable bonds is 6. The monoisotopic (exact) mass is 293 g/mol. The van der Waals surface area contributed by atoms with Crippen LogP contribution in [-0.4, -0.2) is 25.5 Å². The van der Waals surface area contributed by atoms with E-state index in [1.807, 2.05) is 4.72 Å². The number of sulfonamides is 1. The highest BCUT2D eigenvalue weighted by Crippen LogP contribution is 2.19. The van der Waals surface area contributed by atoms with Gasteiger partial charge in [0, 0.05) is 6.04 Å². The Bertz CT molecular complexity index is 554. The minimum atomic E-state index is -4.44. The molecule has 0 amide bonds. The van der Waals surface area contributed by atoms with Crippen molar-refractivity contribution in [2.45, 2.75) is 30.7 Å². The van der Waals surface area contributed by atoms with Crippen LogP contribution in [0.25, 0.3) is 0 Å². The molecule has 0 aliphatic carbocycles. The van der Waals surface area contributed by atoms with Gasteiger partial charge in [0.05, 0.1) is 6.42 Å². The average molecular weight is 293 g/mol. The summed E-state index contributed by atoms with van der Waals surface area (Å²) in [6, 6.07) is 1.74. The van der Waals surface area contributed by atoms with Gasteiger partial charge in [0.15, 0.2) is 4.90 Å². The maximum atomic E-state index is 13.4. The van der Waals surface area contributed by atoms with E-state index in [9.17, 15) is 22.0 Å². The molecule has 19 heavy (non-hydrogen) atoms. The predicted octanol–water partition coefficient (Wildman–Crippen LogP) is 1.50. The topological polar surface area (TPSA) is 83.5 Å². The Morgan fingerprint density at radius 3 is 2.32 bits per heavy atom. The Labute approximate surface area is 109 Å². The fourth-order valence-corrected chi connectivity index (χ4v) is 2.95. The lowest BCUT2D eigenvalue weighted by Crippen LogP contribution is -2.36. The summed E-state index contributed by atoms with van der Waals surface area (Å²) in [5.41, 5.74) is 0. The van der Waals surface area contributed by atoms with Gasteiger partial charge in [-0.2, -0.15) is 0 Å². The van der Waals surface area contributed by atoms with Crippen molar-refractivity contribution in [3.8, 4) is 0 Å². The number of carboxylic acids is 1. The minimum absolute atomic E-state index is 0.182. The van der Waals surface area contributed by atoms with Crippen molar-refractivity contribution < 1.29 is 27.1 Å². The van der Waals surface area contributed by atoms with Gasteiger partial charge in [-0.3, -0.25) is 4.79 Å². The van der Waals surface area contributed by atoms with Gasteiger partial charge in [0.2, 0.25) is 10.0 Å². The molecule has 1 aromatic carbocycles. The van der Waals surface area contributed by atoms with Crippen molar-refractivity contribution in [3.63, 3.8) is 0 Å². The molecule has 2 N–H and O–H groups in total. The molecule has 1 aromatic rings. The minimum Gasteiger partial charge on any atom is -0.481 e. The van der Waals surface area contributed by atoms with Crippen molar-refractivity contribution in [2.75, 3.05) is 0 Å². The standard InChI is InChI=1S/C11H13F2NO4S/c1-2-7(6-10(15)16)14-19(17,18)11-8(12)4-3-5-9(11)13/h3-5,7,14H,2,6H2,1H3,(H,15,16). The maximum absolute atomic E-state index is 13.4. The third-order valence-electron chi connectivity index (χ3n) is 2.42. The van der Waals surface area contributed by atoms with Crippen LogP contribution < -0.4 is 4.72 Å². The third kappa shape index (κ3) is 3.97. The van der Waals surface area contributed by atoms with E-state index in [4.69, 9.17) is 5.11 Å². The molecule has 1 rings (SSSR count). The van der Waals surface area contributed by atoms with Crippen LogP contribution in [-0.2, 0) is 14.8 Å².